The molecule has 0 saturated heterocycles. The van der Waals surface area contributed by atoms with Gasteiger partial charge in [0, 0.05) is 23.5 Å². The van der Waals surface area contributed by atoms with Gasteiger partial charge >= 0.3 is 0 Å². The van der Waals surface area contributed by atoms with Crippen LogP contribution in [0.3, 0.4) is 0 Å². The number of aromatic nitrogens is 4. The molecule has 5 nitrogen and oxygen atoms in total. The predicted octanol–water partition coefficient (Wildman–Crippen LogP) is 2.34. The van der Waals surface area contributed by atoms with E-state index in [1.807, 2.05) is 0 Å². The molecule has 0 amide bonds. The second-order valence-corrected chi connectivity index (χ2v) is 4.43. The van der Waals surface area contributed by atoms with Crippen LogP contribution in [0.4, 0.5) is 4.39 Å². The molecule has 3 rings (SSSR count). The van der Waals surface area contributed by atoms with Gasteiger partial charge in [0.05, 0.1) is 6.54 Å². The Hall–Kier alpha value is -2.89. The molecular formula is C15H11FN4O. The summed E-state index contributed by atoms with van der Waals surface area (Å²) in [4.78, 5) is 15.1. The summed E-state index contributed by atoms with van der Waals surface area (Å²) in [5.41, 5.74) is 1.92. The maximum Gasteiger partial charge on any atom is 0.172 e. The number of rotatable bonds is 4. The molecule has 2 heterocycles. The number of hydrogen-bond donors (Lipinski definition) is 0. The van der Waals surface area contributed by atoms with Gasteiger partial charge in [-0.1, -0.05) is 23.4 Å². The highest BCUT2D eigenvalue weighted by atomic mass is 19.1. The van der Waals surface area contributed by atoms with Crippen molar-refractivity contribution < 1.29 is 9.18 Å². The number of hydrogen-bond acceptors (Lipinski definition) is 4. The van der Waals surface area contributed by atoms with Crippen molar-refractivity contribution in [2.24, 2.45) is 0 Å². The van der Waals surface area contributed by atoms with Gasteiger partial charge in [-0.05, 0) is 18.2 Å². The molecule has 0 fully saturated rings. The molecule has 3 aromatic rings. The lowest BCUT2D eigenvalue weighted by Crippen LogP contribution is -2.06. The van der Waals surface area contributed by atoms with Crippen molar-refractivity contribution in [1.29, 1.82) is 0 Å². The lowest BCUT2D eigenvalue weighted by molar-refractivity contribution is 0.111. The molecule has 0 N–H and O–H groups in total. The Morgan fingerprint density at radius 1 is 1.19 bits per heavy atom. The van der Waals surface area contributed by atoms with Crippen molar-refractivity contribution >= 4 is 6.29 Å². The van der Waals surface area contributed by atoms with Crippen molar-refractivity contribution in [3.63, 3.8) is 0 Å². The highest BCUT2D eigenvalue weighted by molar-refractivity contribution is 5.82. The van der Waals surface area contributed by atoms with Crippen molar-refractivity contribution in [2.45, 2.75) is 6.54 Å². The Morgan fingerprint density at radius 2 is 2.05 bits per heavy atom. The van der Waals surface area contributed by atoms with E-state index in [9.17, 15) is 9.18 Å². The fourth-order valence-electron chi connectivity index (χ4n) is 2.10. The Kier molecular flexibility index (Phi) is 3.51. The molecule has 0 aliphatic rings. The molecule has 0 spiro atoms. The van der Waals surface area contributed by atoms with Gasteiger partial charge < -0.3 is 0 Å². The first-order valence-corrected chi connectivity index (χ1v) is 6.32. The highest BCUT2D eigenvalue weighted by Crippen LogP contribution is 2.21. The summed E-state index contributed by atoms with van der Waals surface area (Å²) in [6.07, 6.45) is 3.88. The van der Waals surface area contributed by atoms with Crippen LogP contribution in [0.2, 0.25) is 0 Å². The number of carbonyl (C=O) groups is 1. The zero-order chi connectivity index (χ0) is 14.7. The van der Waals surface area contributed by atoms with Crippen LogP contribution < -0.4 is 0 Å². The summed E-state index contributed by atoms with van der Waals surface area (Å²) in [6.45, 7) is 0.192. The minimum atomic E-state index is -0.321. The van der Waals surface area contributed by atoms with Crippen LogP contribution in [0.25, 0.3) is 11.3 Å². The molecular weight excluding hydrogens is 271 g/mol. The zero-order valence-corrected chi connectivity index (χ0v) is 11.0. The molecule has 0 atom stereocenters. The van der Waals surface area contributed by atoms with Gasteiger partial charge in [-0.25, -0.2) is 9.07 Å². The Labute approximate surface area is 120 Å². The number of halogens is 1. The maximum absolute atomic E-state index is 13.8. The van der Waals surface area contributed by atoms with E-state index in [1.165, 1.54) is 10.7 Å². The second kappa shape index (κ2) is 5.62. The molecule has 0 aliphatic heterocycles. The Bertz CT molecular complexity index is 770. The number of aldehydes is 1. The van der Waals surface area contributed by atoms with Gasteiger partial charge in [0.15, 0.2) is 12.0 Å². The first-order chi connectivity index (χ1) is 10.3. The Balaban J connectivity index is 2.06. The van der Waals surface area contributed by atoms with Gasteiger partial charge in [-0.3, -0.25) is 9.78 Å². The minimum Gasteiger partial charge on any atom is -0.296 e. The topological polar surface area (TPSA) is 60.7 Å². The molecule has 0 unspecified atom stereocenters. The normalized spacial score (nSPS) is 10.5. The molecule has 21 heavy (non-hydrogen) atoms. The summed E-state index contributed by atoms with van der Waals surface area (Å²) < 4.78 is 15.3. The van der Waals surface area contributed by atoms with Crippen LogP contribution in [0.5, 0.6) is 0 Å². The number of carbonyl (C=O) groups excluding carboxylic acids is 1. The van der Waals surface area contributed by atoms with Crippen LogP contribution in [0.15, 0.2) is 48.8 Å². The average molecular weight is 282 g/mol. The monoisotopic (exact) mass is 282 g/mol. The van der Waals surface area contributed by atoms with E-state index in [2.05, 4.69) is 15.3 Å². The van der Waals surface area contributed by atoms with Gasteiger partial charge in [-0.2, -0.15) is 0 Å². The van der Waals surface area contributed by atoms with E-state index >= 15 is 0 Å². The first-order valence-electron chi connectivity index (χ1n) is 6.32. The van der Waals surface area contributed by atoms with E-state index < -0.39 is 0 Å². The predicted molar refractivity (Wildman–Crippen MR) is 74.1 cm³/mol. The fourth-order valence-corrected chi connectivity index (χ4v) is 2.10. The summed E-state index contributed by atoms with van der Waals surface area (Å²) in [5, 5.41) is 7.77. The SMILES string of the molecule is O=Cc1nnn(Cc2ccccc2F)c1-c1cccnc1. The molecule has 0 saturated carbocycles. The van der Waals surface area contributed by atoms with Crippen molar-refractivity contribution in [3.8, 4) is 11.3 Å². The van der Waals surface area contributed by atoms with E-state index in [0.29, 0.717) is 23.1 Å². The molecule has 0 radical (unpaired) electrons. The summed E-state index contributed by atoms with van der Waals surface area (Å²) in [5.74, 6) is -0.321. The highest BCUT2D eigenvalue weighted by Gasteiger charge is 2.15. The summed E-state index contributed by atoms with van der Waals surface area (Å²) in [6, 6.07) is 9.99. The van der Waals surface area contributed by atoms with E-state index in [0.717, 1.165) is 0 Å². The molecule has 6 heteroatoms. The third kappa shape index (κ3) is 2.55. The van der Waals surface area contributed by atoms with E-state index in [4.69, 9.17) is 0 Å². The second-order valence-electron chi connectivity index (χ2n) is 4.43. The van der Waals surface area contributed by atoms with Gasteiger partial charge in [-0.15, -0.1) is 5.10 Å². The largest absolute Gasteiger partial charge is 0.296 e. The Morgan fingerprint density at radius 3 is 2.76 bits per heavy atom. The van der Waals surface area contributed by atoms with Crippen LogP contribution in [0.1, 0.15) is 16.1 Å². The zero-order valence-electron chi connectivity index (χ0n) is 11.0. The smallest absolute Gasteiger partial charge is 0.172 e. The standard InChI is InChI=1S/C15H11FN4O/c16-13-6-2-1-4-12(13)9-20-15(14(10-21)18-19-20)11-5-3-7-17-8-11/h1-8,10H,9H2. The number of nitrogens with zero attached hydrogens (tertiary/aromatic N) is 4. The lowest BCUT2D eigenvalue weighted by Gasteiger charge is -2.07. The third-order valence-electron chi connectivity index (χ3n) is 3.09. The van der Waals surface area contributed by atoms with Crippen LogP contribution >= 0.6 is 0 Å². The molecule has 2 aromatic heterocycles. The first kappa shape index (κ1) is 13.1. The lowest BCUT2D eigenvalue weighted by atomic mass is 10.1. The average Bonchev–Trinajstić information content (AvgIpc) is 2.93. The quantitative estimate of drug-likeness (QED) is 0.689. The van der Waals surface area contributed by atoms with Gasteiger partial charge in [0.2, 0.25) is 0 Å². The molecule has 104 valence electrons. The third-order valence-corrected chi connectivity index (χ3v) is 3.09. The number of benzene rings is 1. The van der Waals surface area contributed by atoms with Crippen LogP contribution in [-0.4, -0.2) is 26.3 Å². The van der Waals surface area contributed by atoms with Crippen molar-refractivity contribution in [3.05, 3.63) is 65.9 Å². The molecule has 1 aromatic carbocycles. The van der Waals surface area contributed by atoms with E-state index in [-0.39, 0.29) is 18.1 Å². The molecule has 0 aliphatic carbocycles. The van der Waals surface area contributed by atoms with Crippen molar-refractivity contribution in [1.82, 2.24) is 20.0 Å². The maximum atomic E-state index is 13.8. The summed E-state index contributed by atoms with van der Waals surface area (Å²) in [7, 11) is 0. The number of pyridine rings is 1. The van der Waals surface area contributed by atoms with Gasteiger partial charge in [0.25, 0.3) is 0 Å². The van der Waals surface area contributed by atoms with Gasteiger partial charge in [0.1, 0.15) is 11.5 Å². The van der Waals surface area contributed by atoms with Crippen LogP contribution in [0, 0.1) is 5.82 Å². The summed E-state index contributed by atoms with van der Waals surface area (Å²) >= 11 is 0. The molecule has 0 bridgehead atoms. The fraction of sp³-hybridized carbons (Fsp3) is 0.0667. The van der Waals surface area contributed by atoms with Crippen molar-refractivity contribution in [2.75, 3.05) is 0 Å². The van der Waals surface area contributed by atoms with E-state index in [1.54, 1.807) is 42.7 Å². The minimum absolute atomic E-state index is 0.192. The van der Waals surface area contributed by atoms with Crippen LogP contribution in [-0.2, 0) is 6.54 Å².